The van der Waals surface area contributed by atoms with Crippen LogP contribution < -0.4 is 0 Å². The highest BCUT2D eigenvalue weighted by atomic mass is 16.3. The molecule has 0 aliphatic rings. The Labute approximate surface area is 585 Å². The standard InChI is InChI=1S/2C48H30N2O/c1-2-13-34(14-3-1)49-43-21-7-4-16-37(43)41-29-31(24-26-45(41)49)32-25-27-46-42(30-32)38-17-5-8-22-44(38)50(46)35-15-10-12-33(28-35)36-19-11-20-40-39-18-6-9-23-47(39)51-48(36)40;1-2-12-35(13-3-1)49-43-18-7-4-15-37(43)40-28-32(21-24-45(40)49)33-22-25-46-41(29-33)38-16-5-8-19-44(38)50(46)36-14-10-11-31(27-36)34-23-26-48-42(30-34)39-17-6-9-20-47(39)51-48/h2*1-30H. The topological polar surface area (TPSA) is 46.0 Å². The number of para-hydroxylation sites is 9. The second kappa shape index (κ2) is 23.0. The molecule has 0 atom stereocenters. The van der Waals surface area contributed by atoms with Gasteiger partial charge in [-0.1, -0.05) is 218 Å². The molecule has 0 radical (unpaired) electrons. The van der Waals surface area contributed by atoms with Crippen LogP contribution in [0, 0.1) is 0 Å². The molecule has 0 saturated carbocycles. The zero-order valence-corrected chi connectivity index (χ0v) is 55.2. The van der Waals surface area contributed by atoms with E-state index in [1.54, 1.807) is 0 Å². The van der Waals surface area contributed by atoms with Crippen LogP contribution in [-0.2, 0) is 0 Å². The van der Waals surface area contributed by atoms with E-state index in [0.717, 1.165) is 66.4 Å². The van der Waals surface area contributed by atoms with E-state index in [2.05, 4.69) is 358 Å². The number of furan rings is 2. The fourth-order valence-corrected chi connectivity index (χ4v) is 16.4. The lowest BCUT2D eigenvalue weighted by Crippen LogP contribution is -1.94. The number of nitrogens with zero attached hydrogens (tertiary/aromatic N) is 4. The summed E-state index contributed by atoms with van der Waals surface area (Å²) in [6.07, 6.45) is 0. The van der Waals surface area contributed by atoms with Crippen molar-refractivity contribution in [2.24, 2.45) is 0 Å². The third kappa shape index (κ3) is 9.06. The van der Waals surface area contributed by atoms with Crippen molar-refractivity contribution in [2.75, 3.05) is 0 Å². The molecule has 22 rings (SSSR count). The zero-order chi connectivity index (χ0) is 66.9. The Kier molecular flexibility index (Phi) is 12.9. The fraction of sp³-hybridized carbons (Fsp3) is 0. The summed E-state index contributed by atoms with van der Waals surface area (Å²) in [7, 11) is 0. The average molecular weight is 1300 g/mol. The minimum Gasteiger partial charge on any atom is -0.456 e. The van der Waals surface area contributed by atoms with Crippen LogP contribution in [0.3, 0.4) is 0 Å². The van der Waals surface area contributed by atoms with Crippen LogP contribution in [0.2, 0.25) is 0 Å². The Morgan fingerprint density at radius 2 is 0.451 bits per heavy atom. The Bertz CT molecular complexity index is 7120. The summed E-state index contributed by atoms with van der Waals surface area (Å²) in [6, 6.07) is 131. The molecule has 476 valence electrons. The minimum absolute atomic E-state index is 0.912. The number of hydrogen-bond acceptors (Lipinski definition) is 2. The molecule has 22 aromatic rings. The first-order chi connectivity index (χ1) is 50.6. The van der Waals surface area contributed by atoms with Gasteiger partial charge in [0.05, 0.1) is 44.1 Å². The van der Waals surface area contributed by atoms with E-state index < -0.39 is 0 Å². The summed E-state index contributed by atoms with van der Waals surface area (Å²) >= 11 is 0. The molecule has 6 nitrogen and oxygen atoms in total. The van der Waals surface area contributed by atoms with Crippen LogP contribution >= 0.6 is 0 Å². The van der Waals surface area contributed by atoms with Crippen molar-refractivity contribution in [2.45, 2.75) is 0 Å². The molecule has 0 unspecified atom stereocenters. The largest absolute Gasteiger partial charge is 0.456 e. The highest BCUT2D eigenvalue weighted by molar-refractivity contribution is 6.16. The molecular formula is C96H60N4O2. The summed E-state index contributed by atoms with van der Waals surface area (Å²) in [5, 5.41) is 14.6. The van der Waals surface area contributed by atoms with E-state index in [4.69, 9.17) is 8.83 Å². The monoisotopic (exact) mass is 1300 g/mol. The van der Waals surface area contributed by atoms with Gasteiger partial charge in [-0.05, 0) is 185 Å². The molecule has 6 aromatic heterocycles. The normalized spacial score (nSPS) is 11.9. The molecule has 0 bridgehead atoms. The van der Waals surface area contributed by atoms with Crippen molar-refractivity contribution in [1.29, 1.82) is 0 Å². The van der Waals surface area contributed by atoms with Crippen molar-refractivity contribution in [3.63, 3.8) is 0 Å². The molecule has 0 fully saturated rings. The maximum absolute atomic E-state index is 6.43. The first kappa shape index (κ1) is 57.4. The predicted molar refractivity (Wildman–Crippen MR) is 427 cm³/mol. The van der Waals surface area contributed by atoms with Gasteiger partial charge in [-0.15, -0.1) is 0 Å². The number of benzene rings is 16. The number of hydrogen-bond donors (Lipinski definition) is 0. The number of rotatable bonds is 8. The van der Waals surface area contributed by atoms with Gasteiger partial charge in [0.2, 0.25) is 0 Å². The molecule has 0 N–H and O–H groups in total. The number of aromatic nitrogens is 4. The smallest absolute Gasteiger partial charge is 0.143 e. The van der Waals surface area contributed by atoms with Gasteiger partial charge in [-0.25, -0.2) is 0 Å². The van der Waals surface area contributed by atoms with E-state index in [1.807, 2.05) is 24.3 Å². The third-order valence-corrected chi connectivity index (χ3v) is 21.0. The van der Waals surface area contributed by atoms with Crippen molar-refractivity contribution in [3.05, 3.63) is 364 Å². The average Bonchev–Trinajstić information content (AvgIpc) is 1.60. The van der Waals surface area contributed by atoms with Crippen molar-refractivity contribution >= 4 is 131 Å². The summed E-state index contributed by atoms with van der Waals surface area (Å²) in [5.74, 6) is 0. The molecule has 102 heavy (non-hydrogen) atoms. The number of fused-ring (bicyclic) bond motifs is 18. The molecule has 0 saturated heterocycles. The van der Waals surface area contributed by atoms with E-state index >= 15 is 0 Å². The van der Waals surface area contributed by atoms with E-state index in [0.29, 0.717) is 0 Å². The van der Waals surface area contributed by atoms with Gasteiger partial charge in [-0.2, -0.15) is 0 Å². The van der Waals surface area contributed by atoms with Crippen LogP contribution in [0.25, 0.3) is 198 Å². The molecule has 0 aliphatic heterocycles. The Morgan fingerprint density at radius 1 is 0.157 bits per heavy atom. The second-order valence-electron chi connectivity index (χ2n) is 26.7. The summed E-state index contributed by atoms with van der Waals surface area (Å²) < 4.78 is 22.1. The van der Waals surface area contributed by atoms with E-state index in [-0.39, 0.29) is 0 Å². The fourth-order valence-electron chi connectivity index (χ4n) is 16.4. The van der Waals surface area contributed by atoms with Crippen LogP contribution in [0.1, 0.15) is 0 Å². The molecule has 6 heterocycles. The lowest BCUT2D eigenvalue weighted by Gasteiger charge is -2.11. The summed E-state index contributed by atoms with van der Waals surface area (Å²) in [4.78, 5) is 0. The van der Waals surface area contributed by atoms with Gasteiger partial charge in [0.1, 0.15) is 22.3 Å². The highest BCUT2D eigenvalue weighted by Gasteiger charge is 2.21. The van der Waals surface area contributed by atoms with Gasteiger partial charge < -0.3 is 27.1 Å². The van der Waals surface area contributed by atoms with Gasteiger partial charge in [0.25, 0.3) is 0 Å². The predicted octanol–water partition coefficient (Wildman–Crippen LogP) is 26.2. The summed E-state index contributed by atoms with van der Waals surface area (Å²) in [5.41, 5.74) is 27.3. The Hall–Kier alpha value is -13.7. The zero-order valence-electron chi connectivity index (χ0n) is 55.2. The SMILES string of the molecule is c1ccc(-n2c3ccccc3c3cc(-c4ccc5c(c4)c4ccccc4n5-c4cccc(-c5ccc6oc7ccccc7c6c5)c4)ccc32)cc1.c1ccc(-n2c3ccccc3c3cc(-c4ccc5c(c4)c4ccccc4n5-c4cccc(-c5cccc6c5oc5ccccc56)c4)ccc32)cc1. The molecule has 16 aromatic carbocycles. The van der Waals surface area contributed by atoms with Crippen LogP contribution in [0.5, 0.6) is 0 Å². The first-order valence-electron chi connectivity index (χ1n) is 34.9. The van der Waals surface area contributed by atoms with Crippen molar-refractivity contribution in [1.82, 2.24) is 18.3 Å². The highest BCUT2D eigenvalue weighted by Crippen LogP contribution is 2.44. The molecule has 6 heteroatoms. The van der Waals surface area contributed by atoms with E-state index in [9.17, 15) is 0 Å². The molecule has 0 spiro atoms. The van der Waals surface area contributed by atoms with Gasteiger partial charge in [0, 0.05) is 92.9 Å². The molecular weight excluding hydrogens is 1240 g/mol. The van der Waals surface area contributed by atoms with Crippen LogP contribution in [0.15, 0.2) is 373 Å². The Morgan fingerprint density at radius 3 is 0.912 bits per heavy atom. The maximum Gasteiger partial charge on any atom is 0.143 e. The molecule has 0 aliphatic carbocycles. The van der Waals surface area contributed by atoms with Gasteiger partial charge in [0.15, 0.2) is 0 Å². The van der Waals surface area contributed by atoms with Crippen molar-refractivity contribution in [3.8, 4) is 67.3 Å². The van der Waals surface area contributed by atoms with E-state index in [1.165, 1.54) is 132 Å². The van der Waals surface area contributed by atoms with Crippen molar-refractivity contribution < 1.29 is 8.83 Å². The van der Waals surface area contributed by atoms with Gasteiger partial charge in [-0.3, -0.25) is 0 Å². The minimum atomic E-state index is 0.912. The van der Waals surface area contributed by atoms with Gasteiger partial charge >= 0.3 is 0 Å². The lowest BCUT2D eigenvalue weighted by molar-refractivity contribution is 0.669. The first-order valence-corrected chi connectivity index (χ1v) is 34.9. The lowest BCUT2D eigenvalue weighted by atomic mass is 10.0. The summed E-state index contributed by atoms with van der Waals surface area (Å²) in [6.45, 7) is 0. The van der Waals surface area contributed by atoms with Crippen LogP contribution in [0.4, 0.5) is 0 Å². The second-order valence-corrected chi connectivity index (χ2v) is 26.7. The Balaban J connectivity index is 0.000000133. The van der Waals surface area contributed by atoms with Crippen LogP contribution in [-0.4, -0.2) is 18.3 Å². The quantitative estimate of drug-likeness (QED) is 0.152. The maximum atomic E-state index is 6.43. The third-order valence-electron chi connectivity index (χ3n) is 21.0. The molecule has 0 amide bonds.